The molecule has 136 valence electrons. The highest BCUT2D eigenvalue weighted by atomic mass is 32.2. The van der Waals surface area contributed by atoms with Crippen molar-refractivity contribution in [2.24, 2.45) is 5.14 Å². The van der Waals surface area contributed by atoms with Crippen molar-refractivity contribution in [1.29, 1.82) is 0 Å². The molecule has 26 heavy (non-hydrogen) atoms. The lowest BCUT2D eigenvalue weighted by Gasteiger charge is -2.05. The second-order valence-electron chi connectivity index (χ2n) is 6.17. The Hall–Kier alpha value is -2.71. The molecule has 0 atom stereocenters. The van der Waals surface area contributed by atoms with Crippen LogP contribution >= 0.6 is 0 Å². The van der Waals surface area contributed by atoms with Crippen LogP contribution in [0, 0.1) is 6.92 Å². The van der Waals surface area contributed by atoms with Crippen molar-refractivity contribution in [2.75, 3.05) is 6.54 Å². The number of nitrogens with zero attached hydrogens (tertiary/aromatic N) is 2. The molecule has 3 aromatic rings. The topological polar surface area (TPSA) is 107 Å². The van der Waals surface area contributed by atoms with E-state index in [1.807, 2.05) is 35.9 Å². The molecular weight excluding hydrogens is 352 g/mol. The first-order valence-electron chi connectivity index (χ1n) is 8.14. The van der Waals surface area contributed by atoms with Crippen molar-refractivity contribution in [3.63, 3.8) is 0 Å². The number of benzene rings is 1. The highest BCUT2D eigenvalue weighted by Crippen LogP contribution is 2.10. The Morgan fingerprint density at radius 3 is 2.65 bits per heavy atom. The van der Waals surface area contributed by atoms with Gasteiger partial charge in [-0.15, -0.1) is 0 Å². The standard InChI is InChI=1S/C18H20N4O3S/c1-13-7-9-22-12-15(21-17(22)10-13)11-18(23)20-8-6-14-2-4-16(5-3-14)26(19,24)25/h2-5,7,9-10,12H,6,8,11H2,1H3,(H,20,23)(H2,19,24,25). The quantitative estimate of drug-likeness (QED) is 0.678. The van der Waals surface area contributed by atoms with E-state index in [1.54, 1.807) is 12.1 Å². The van der Waals surface area contributed by atoms with Gasteiger partial charge < -0.3 is 9.72 Å². The van der Waals surface area contributed by atoms with E-state index in [2.05, 4.69) is 10.3 Å². The molecule has 0 fully saturated rings. The van der Waals surface area contributed by atoms with Crippen molar-refractivity contribution < 1.29 is 13.2 Å². The molecule has 2 aromatic heterocycles. The molecule has 0 unspecified atom stereocenters. The third-order valence-electron chi connectivity index (χ3n) is 4.00. The normalized spacial score (nSPS) is 11.6. The fraction of sp³-hybridized carbons (Fsp3) is 0.222. The molecule has 0 aliphatic rings. The molecule has 0 bridgehead atoms. The average Bonchev–Trinajstić information content (AvgIpc) is 2.95. The van der Waals surface area contributed by atoms with Crippen LogP contribution in [0.5, 0.6) is 0 Å². The van der Waals surface area contributed by atoms with Gasteiger partial charge in [-0.05, 0) is 48.7 Å². The summed E-state index contributed by atoms with van der Waals surface area (Å²) in [5.74, 6) is -0.105. The number of amides is 1. The molecule has 2 heterocycles. The Morgan fingerprint density at radius 1 is 1.23 bits per heavy atom. The van der Waals surface area contributed by atoms with Gasteiger partial charge in [0.25, 0.3) is 0 Å². The van der Waals surface area contributed by atoms with Crippen LogP contribution in [0.1, 0.15) is 16.8 Å². The van der Waals surface area contributed by atoms with E-state index in [0.717, 1.165) is 16.8 Å². The first kappa shape index (κ1) is 18.1. The minimum absolute atomic E-state index is 0.0763. The molecule has 3 N–H and O–H groups in total. The van der Waals surface area contributed by atoms with Crippen LogP contribution in [0.25, 0.3) is 5.65 Å². The zero-order valence-corrected chi connectivity index (χ0v) is 15.2. The monoisotopic (exact) mass is 372 g/mol. The Bertz CT molecular complexity index is 1040. The maximum atomic E-state index is 12.1. The number of pyridine rings is 1. The third-order valence-corrected chi connectivity index (χ3v) is 4.92. The molecule has 0 aliphatic carbocycles. The molecule has 0 saturated heterocycles. The van der Waals surface area contributed by atoms with Gasteiger partial charge in [0.15, 0.2) is 0 Å². The van der Waals surface area contributed by atoms with Crippen molar-refractivity contribution in [2.45, 2.75) is 24.7 Å². The third kappa shape index (κ3) is 4.47. The molecule has 8 heteroatoms. The lowest BCUT2D eigenvalue weighted by molar-refractivity contribution is -0.120. The van der Waals surface area contributed by atoms with Gasteiger partial charge in [0.1, 0.15) is 5.65 Å². The van der Waals surface area contributed by atoms with Gasteiger partial charge >= 0.3 is 0 Å². The number of imidazole rings is 1. The largest absolute Gasteiger partial charge is 0.355 e. The Kier molecular flexibility index (Phi) is 5.06. The van der Waals surface area contributed by atoms with Crippen LogP contribution in [0.15, 0.2) is 53.7 Å². The van der Waals surface area contributed by atoms with Gasteiger partial charge in [-0.1, -0.05) is 12.1 Å². The van der Waals surface area contributed by atoms with Crippen LogP contribution in [0.3, 0.4) is 0 Å². The number of hydrogen-bond donors (Lipinski definition) is 2. The summed E-state index contributed by atoms with van der Waals surface area (Å²) in [5, 5.41) is 7.91. The van der Waals surface area contributed by atoms with Crippen molar-refractivity contribution >= 4 is 21.6 Å². The van der Waals surface area contributed by atoms with Gasteiger partial charge in [0.2, 0.25) is 15.9 Å². The molecule has 1 amide bonds. The summed E-state index contributed by atoms with van der Waals surface area (Å²) in [4.78, 5) is 16.6. The number of nitrogens with two attached hydrogens (primary N) is 1. The number of carbonyl (C=O) groups is 1. The minimum atomic E-state index is -3.68. The van der Waals surface area contributed by atoms with Gasteiger partial charge in [-0.3, -0.25) is 4.79 Å². The summed E-state index contributed by atoms with van der Waals surface area (Å²) in [6.07, 6.45) is 4.58. The first-order valence-corrected chi connectivity index (χ1v) is 9.68. The predicted octanol–water partition coefficient (Wildman–Crippen LogP) is 1.19. The van der Waals surface area contributed by atoms with Crippen LogP contribution in [0.4, 0.5) is 0 Å². The fourth-order valence-electron chi connectivity index (χ4n) is 2.64. The van der Waals surface area contributed by atoms with E-state index in [0.29, 0.717) is 18.7 Å². The zero-order chi connectivity index (χ0) is 18.7. The number of carbonyl (C=O) groups excluding carboxylic acids is 1. The predicted molar refractivity (Wildman–Crippen MR) is 98.2 cm³/mol. The summed E-state index contributed by atoms with van der Waals surface area (Å²) in [5.41, 5.74) is 3.57. The minimum Gasteiger partial charge on any atom is -0.355 e. The molecule has 0 aliphatic heterocycles. The Morgan fingerprint density at radius 2 is 1.96 bits per heavy atom. The number of fused-ring (bicyclic) bond motifs is 1. The number of rotatable bonds is 6. The fourth-order valence-corrected chi connectivity index (χ4v) is 3.16. The van der Waals surface area contributed by atoms with E-state index in [4.69, 9.17) is 5.14 Å². The smallest absolute Gasteiger partial charge is 0.238 e. The van der Waals surface area contributed by atoms with Crippen LogP contribution in [-0.2, 0) is 27.7 Å². The van der Waals surface area contributed by atoms with Crippen molar-refractivity contribution in [3.05, 3.63) is 65.6 Å². The summed E-state index contributed by atoms with van der Waals surface area (Å²) < 4.78 is 24.3. The Labute approximate surface area is 151 Å². The highest BCUT2D eigenvalue weighted by molar-refractivity contribution is 7.89. The van der Waals surface area contributed by atoms with E-state index in [-0.39, 0.29) is 17.2 Å². The second-order valence-corrected chi connectivity index (χ2v) is 7.73. The molecular formula is C18H20N4O3S. The van der Waals surface area contributed by atoms with Crippen LogP contribution in [-0.4, -0.2) is 30.3 Å². The molecule has 0 spiro atoms. The SMILES string of the molecule is Cc1ccn2cc(CC(=O)NCCc3ccc(S(N)(=O)=O)cc3)nc2c1. The molecule has 0 radical (unpaired) electrons. The number of primary sulfonamides is 1. The number of aromatic nitrogens is 2. The van der Waals surface area contributed by atoms with Gasteiger partial charge in [0, 0.05) is 18.9 Å². The van der Waals surface area contributed by atoms with Crippen LogP contribution < -0.4 is 10.5 Å². The molecule has 3 rings (SSSR count). The lowest BCUT2D eigenvalue weighted by atomic mass is 10.1. The van der Waals surface area contributed by atoms with E-state index < -0.39 is 10.0 Å². The summed E-state index contributed by atoms with van der Waals surface area (Å²) in [6.45, 7) is 2.45. The number of aryl methyl sites for hydroxylation is 1. The van der Waals surface area contributed by atoms with E-state index in [9.17, 15) is 13.2 Å². The summed E-state index contributed by atoms with van der Waals surface area (Å²) in [7, 11) is -3.68. The maximum Gasteiger partial charge on any atom is 0.238 e. The van der Waals surface area contributed by atoms with Crippen molar-refractivity contribution in [3.8, 4) is 0 Å². The number of sulfonamides is 1. The Balaban J connectivity index is 1.52. The first-order chi connectivity index (χ1) is 12.3. The van der Waals surface area contributed by atoms with E-state index >= 15 is 0 Å². The molecule has 0 saturated carbocycles. The second kappa shape index (κ2) is 7.27. The summed E-state index contributed by atoms with van der Waals surface area (Å²) in [6, 6.07) is 10.3. The lowest BCUT2D eigenvalue weighted by Crippen LogP contribution is -2.27. The average molecular weight is 372 g/mol. The van der Waals surface area contributed by atoms with Crippen molar-refractivity contribution in [1.82, 2.24) is 14.7 Å². The zero-order valence-electron chi connectivity index (χ0n) is 14.3. The maximum absolute atomic E-state index is 12.1. The van der Waals surface area contributed by atoms with E-state index in [1.165, 1.54) is 12.1 Å². The molecule has 7 nitrogen and oxygen atoms in total. The molecule has 1 aromatic carbocycles. The summed E-state index contributed by atoms with van der Waals surface area (Å²) >= 11 is 0. The van der Waals surface area contributed by atoms with Crippen LogP contribution in [0.2, 0.25) is 0 Å². The number of nitrogens with one attached hydrogen (secondary N) is 1. The highest BCUT2D eigenvalue weighted by Gasteiger charge is 2.09. The van der Waals surface area contributed by atoms with Gasteiger partial charge in [0.05, 0.1) is 17.0 Å². The van der Waals surface area contributed by atoms with Gasteiger partial charge in [-0.25, -0.2) is 18.5 Å². The van der Waals surface area contributed by atoms with Gasteiger partial charge in [-0.2, -0.15) is 0 Å². The number of hydrogen-bond acceptors (Lipinski definition) is 4.